The van der Waals surface area contributed by atoms with Crippen molar-refractivity contribution in [3.8, 4) is 22.8 Å². The van der Waals surface area contributed by atoms with Gasteiger partial charge in [0.15, 0.2) is 0 Å². The number of benzene rings is 2. The molecule has 1 aromatic heterocycles. The van der Waals surface area contributed by atoms with Crippen LogP contribution in [0.5, 0.6) is 11.5 Å². The summed E-state index contributed by atoms with van der Waals surface area (Å²) in [7, 11) is 3.34. The van der Waals surface area contributed by atoms with Crippen LogP contribution in [0.25, 0.3) is 11.3 Å². The fourth-order valence-electron chi connectivity index (χ4n) is 4.39. The topological polar surface area (TPSA) is 63.9 Å². The summed E-state index contributed by atoms with van der Waals surface area (Å²) in [4.78, 5) is 15.1. The first kappa shape index (κ1) is 22.9. The molecule has 2 heterocycles. The van der Waals surface area contributed by atoms with Crippen molar-refractivity contribution in [2.75, 3.05) is 33.9 Å². The van der Waals surface area contributed by atoms with E-state index >= 15 is 0 Å². The summed E-state index contributed by atoms with van der Waals surface area (Å²) in [6.45, 7) is 2.65. The number of aryl methyl sites for hydroxylation is 1. The molecule has 2 aromatic carbocycles. The Labute approximate surface area is 195 Å². The predicted molar refractivity (Wildman–Crippen MR) is 129 cm³/mol. The number of furan rings is 1. The highest BCUT2D eigenvalue weighted by Crippen LogP contribution is 2.31. The standard InChI is InChI=1S/C27H32N2O4/c1-31-21-11-9-20(10-12-21)25-15-13-22(33-25)14-16-27(30)28-19-24(29-17-5-6-18-29)23-7-3-4-8-26(23)32-2/h3-4,7-13,15,24H,5-6,14,16-19H2,1-2H3,(H,28,30). The molecule has 174 valence electrons. The third-order valence-electron chi connectivity index (χ3n) is 6.21. The van der Waals surface area contributed by atoms with Crippen LogP contribution in [-0.2, 0) is 11.2 Å². The van der Waals surface area contributed by atoms with Gasteiger partial charge in [0.05, 0.1) is 20.3 Å². The second-order valence-electron chi connectivity index (χ2n) is 8.30. The Hall–Kier alpha value is -3.25. The molecule has 1 saturated heterocycles. The Kier molecular flexibility index (Phi) is 7.68. The number of carbonyl (C=O) groups is 1. The molecule has 1 N–H and O–H groups in total. The van der Waals surface area contributed by atoms with Gasteiger partial charge in [-0.25, -0.2) is 0 Å². The maximum absolute atomic E-state index is 12.7. The highest BCUT2D eigenvalue weighted by atomic mass is 16.5. The van der Waals surface area contributed by atoms with Crippen molar-refractivity contribution in [1.82, 2.24) is 10.2 Å². The van der Waals surface area contributed by atoms with Crippen molar-refractivity contribution in [2.24, 2.45) is 0 Å². The van der Waals surface area contributed by atoms with Crippen LogP contribution >= 0.6 is 0 Å². The number of rotatable bonds is 10. The molecule has 0 saturated carbocycles. The van der Waals surface area contributed by atoms with Gasteiger partial charge in [-0.1, -0.05) is 18.2 Å². The van der Waals surface area contributed by atoms with Gasteiger partial charge in [-0.05, 0) is 68.4 Å². The zero-order valence-electron chi connectivity index (χ0n) is 19.4. The summed E-state index contributed by atoms with van der Waals surface area (Å²) < 4.78 is 16.7. The van der Waals surface area contributed by atoms with Gasteiger partial charge in [0.1, 0.15) is 23.0 Å². The number of ether oxygens (including phenoxy) is 2. The first-order valence-electron chi connectivity index (χ1n) is 11.5. The molecule has 1 fully saturated rings. The summed E-state index contributed by atoms with van der Waals surface area (Å²) in [5.41, 5.74) is 2.11. The molecule has 1 amide bonds. The van der Waals surface area contributed by atoms with Crippen LogP contribution in [0.15, 0.2) is 65.1 Å². The van der Waals surface area contributed by atoms with Crippen LogP contribution in [-0.4, -0.2) is 44.7 Å². The van der Waals surface area contributed by atoms with E-state index in [9.17, 15) is 4.79 Å². The average Bonchev–Trinajstić information content (AvgIpc) is 3.56. The zero-order valence-corrected chi connectivity index (χ0v) is 19.4. The highest BCUT2D eigenvalue weighted by Gasteiger charge is 2.26. The summed E-state index contributed by atoms with van der Waals surface area (Å²) in [5.74, 6) is 3.29. The summed E-state index contributed by atoms with van der Waals surface area (Å²) in [6, 6.07) is 19.8. The maximum Gasteiger partial charge on any atom is 0.220 e. The fourth-order valence-corrected chi connectivity index (χ4v) is 4.39. The van der Waals surface area contributed by atoms with Crippen molar-refractivity contribution >= 4 is 5.91 Å². The monoisotopic (exact) mass is 448 g/mol. The molecular formula is C27H32N2O4. The van der Waals surface area contributed by atoms with E-state index < -0.39 is 0 Å². The molecule has 33 heavy (non-hydrogen) atoms. The second kappa shape index (κ2) is 11.1. The Morgan fingerprint density at radius 3 is 2.48 bits per heavy atom. The third-order valence-corrected chi connectivity index (χ3v) is 6.21. The first-order chi connectivity index (χ1) is 16.2. The van der Waals surface area contributed by atoms with E-state index in [1.165, 1.54) is 12.8 Å². The lowest BCUT2D eigenvalue weighted by Gasteiger charge is -2.29. The van der Waals surface area contributed by atoms with Crippen LogP contribution in [0.4, 0.5) is 0 Å². The van der Waals surface area contributed by atoms with Crippen LogP contribution in [0, 0.1) is 0 Å². The summed E-state index contributed by atoms with van der Waals surface area (Å²) >= 11 is 0. The van der Waals surface area contributed by atoms with Crippen molar-refractivity contribution in [1.29, 1.82) is 0 Å². The highest BCUT2D eigenvalue weighted by molar-refractivity contribution is 5.76. The number of nitrogens with zero attached hydrogens (tertiary/aromatic N) is 1. The van der Waals surface area contributed by atoms with Crippen LogP contribution in [0.3, 0.4) is 0 Å². The Morgan fingerprint density at radius 2 is 1.76 bits per heavy atom. The van der Waals surface area contributed by atoms with Crippen molar-refractivity contribution < 1.29 is 18.7 Å². The van der Waals surface area contributed by atoms with Gasteiger partial charge >= 0.3 is 0 Å². The van der Waals surface area contributed by atoms with Gasteiger partial charge in [0.25, 0.3) is 0 Å². The summed E-state index contributed by atoms with van der Waals surface area (Å²) in [6.07, 6.45) is 3.32. The number of likely N-dealkylation sites (tertiary alicyclic amines) is 1. The third kappa shape index (κ3) is 5.76. The van der Waals surface area contributed by atoms with E-state index in [0.29, 0.717) is 19.4 Å². The van der Waals surface area contributed by atoms with Crippen LogP contribution < -0.4 is 14.8 Å². The van der Waals surface area contributed by atoms with Gasteiger partial charge in [-0.3, -0.25) is 9.69 Å². The molecule has 6 nitrogen and oxygen atoms in total. The second-order valence-corrected chi connectivity index (χ2v) is 8.30. The van der Waals surface area contributed by atoms with E-state index in [1.54, 1.807) is 14.2 Å². The number of hydrogen-bond donors (Lipinski definition) is 1. The lowest BCUT2D eigenvalue weighted by atomic mass is 10.0. The molecule has 1 unspecified atom stereocenters. The normalized spacial score (nSPS) is 14.7. The molecule has 0 spiro atoms. The molecule has 0 bridgehead atoms. The van der Waals surface area contributed by atoms with Crippen molar-refractivity contribution in [2.45, 2.75) is 31.7 Å². The van der Waals surface area contributed by atoms with E-state index in [-0.39, 0.29) is 11.9 Å². The quantitative estimate of drug-likeness (QED) is 0.480. The van der Waals surface area contributed by atoms with Gasteiger partial charge in [-0.15, -0.1) is 0 Å². The van der Waals surface area contributed by atoms with E-state index in [0.717, 1.165) is 47.2 Å². The number of nitrogens with one attached hydrogen (secondary N) is 1. The molecule has 1 aliphatic rings. The molecular weight excluding hydrogens is 416 g/mol. The van der Waals surface area contributed by atoms with E-state index in [4.69, 9.17) is 13.9 Å². The largest absolute Gasteiger partial charge is 0.497 e. The molecule has 3 aromatic rings. The molecule has 6 heteroatoms. The minimum absolute atomic E-state index is 0.0245. The number of hydrogen-bond acceptors (Lipinski definition) is 5. The van der Waals surface area contributed by atoms with Gasteiger partial charge in [0, 0.05) is 30.5 Å². The lowest BCUT2D eigenvalue weighted by Crippen LogP contribution is -2.37. The van der Waals surface area contributed by atoms with Crippen molar-refractivity contribution in [3.63, 3.8) is 0 Å². The van der Waals surface area contributed by atoms with Gasteiger partial charge in [-0.2, -0.15) is 0 Å². The van der Waals surface area contributed by atoms with Gasteiger partial charge < -0.3 is 19.2 Å². The SMILES string of the molecule is COc1ccc(-c2ccc(CCC(=O)NCC(c3ccccc3OC)N3CCCC3)o2)cc1. The average molecular weight is 449 g/mol. The number of amides is 1. The Morgan fingerprint density at radius 1 is 1.00 bits per heavy atom. The van der Waals surface area contributed by atoms with Gasteiger partial charge in [0.2, 0.25) is 5.91 Å². The fraction of sp³-hybridized carbons (Fsp3) is 0.370. The molecule has 4 rings (SSSR count). The number of carbonyl (C=O) groups excluding carboxylic acids is 1. The smallest absolute Gasteiger partial charge is 0.220 e. The molecule has 1 aliphatic heterocycles. The zero-order chi connectivity index (χ0) is 23.0. The summed E-state index contributed by atoms with van der Waals surface area (Å²) in [5, 5.41) is 3.14. The predicted octanol–water partition coefficient (Wildman–Crippen LogP) is 4.85. The Bertz CT molecular complexity index is 1040. The minimum atomic E-state index is 0.0245. The Balaban J connectivity index is 1.33. The lowest BCUT2D eigenvalue weighted by molar-refractivity contribution is -0.121. The number of methoxy groups -OCH3 is 2. The van der Waals surface area contributed by atoms with Crippen LogP contribution in [0.1, 0.15) is 36.6 Å². The first-order valence-corrected chi connectivity index (χ1v) is 11.5. The molecule has 0 radical (unpaired) electrons. The van der Waals surface area contributed by atoms with Crippen molar-refractivity contribution in [3.05, 3.63) is 72.0 Å². The van der Waals surface area contributed by atoms with E-state index in [2.05, 4.69) is 16.3 Å². The molecule has 1 atom stereocenters. The minimum Gasteiger partial charge on any atom is -0.497 e. The van der Waals surface area contributed by atoms with E-state index in [1.807, 2.05) is 54.6 Å². The maximum atomic E-state index is 12.7. The molecule has 0 aliphatic carbocycles. The van der Waals surface area contributed by atoms with Crippen LogP contribution in [0.2, 0.25) is 0 Å². The number of para-hydroxylation sites is 1.